The van der Waals surface area contributed by atoms with Gasteiger partial charge in [0.15, 0.2) is 0 Å². The lowest BCUT2D eigenvalue weighted by Gasteiger charge is -2.16. The highest BCUT2D eigenvalue weighted by molar-refractivity contribution is 5.96. The minimum absolute atomic E-state index is 0.0219. The Morgan fingerprint density at radius 2 is 1.82 bits per heavy atom. The molecule has 0 aliphatic rings. The average molecular weight is 235 g/mol. The first-order valence-corrected chi connectivity index (χ1v) is 5.84. The van der Waals surface area contributed by atoms with Crippen molar-refractivity contribution in [2.75, 3.05) is 7.11 Å². The molecule has 0 aliphatic carbocycles. The molecule has 0 radical (unpaired) electrons. The Balaban J connectivity index is 3.23. The van der Waals surface area contributed by atoms with Gasteiger partial charge in [-0.25, -0.2) is 0 Å². The molecule has 17 heavy (non-hydrogen) atoms. The van der Waals surface area contributed by atoms with Crippen molar-refractivity contribution in [1.82, 2.24) is 5.32 Å². The lowest BCUT2D eigenvalue weighted by atomic mass is 9.98. The number of nitrogens with one attached hydrogen (secondary N) is 1. The van der Waals surface area contributed by atoms with E-state index in [1.165, 1.54) is 0 Å². The smallest absolute Gasteiger partial charge is 0.251 e. The topological polar surface area (TPSA) is 38.3 Å². The third-order valence-corrected chi connectivity index (χ3v) is 2.89. The Bertz CT molecular complexity index is 436. The molecular formula is C14H21NO2. The van der Waals surface area contributed by atoms with Gasteiger partial charge in [0.1, 0.15) is 5.75 Å². The summed E-state index contributed by atoms with van der Waals surface area (Å²) in [4.78, 5) is 12.0. The third kappa shape index (κ3) is 2.78. The van der Waals surface area contributed by atoms with E-state index in [0.717, 1.165) is 28.0 Å². The highest BCUT2D eigenvalue weighted by Crippen LogP contribution is 2.28. The van der Waals surface area contributed by atoms with Crippen molar-refractivity contribution in [3.63, 3.8) is 0 Å². The maximum absolute atomic E-state index is 12.0. The number of methoxy groups -OCH3 is 1. The second-order valence-electron chi connectivity index (χ2n) is 4.65. The quantitative estimate of drug-likeness (QED) is 0.874. The number of rotatable bonds is 3. The van der Waals surface area contributed by atoms with E-state index < -0.39 is 0 Å². The van der Waals surface area contributed by atoms with Crippen LogP contribution in [-0.4, -0.2) is 19.1 Å². The fourth-order valence-corrected chi connectivity index (χ4v) is 1.95. The fourth-order valence-electron chi connectivity index (χ4n) is 1.95. The zero-order valence-corrected chi connectivity index (χ0v) is 11.5. The predicted octanol–water partition coefficient (Wildman–Crippen LogP) is 2.76. The molecule has 1 aromatic rings. The van der Waals surface area contributed by atoms with Crippen molar-refractivity contribution in [3.8, 4) is 5.75 Å². The number of hydrogen-bond donors (Lipinski definition) is 1. The molecule has 0 saturated carbocycles. The Labute approximate surface area is 103 Å². The van der Waals surface area contributed by atoms with Gasteiger partial charge in [-0.2, -0.15) is 0 Å². The third-order valence-electron chi connectivity index (χ3n) is 2.89. The molecule has 0 unspecified atom stereocenters. The molecule has 1 rings (SSSR count). The molecule has 0 heterocycles. The Hall–Kier alpha value is -1.51. The standard InChI is InChI=1S/C14H21NO2/c1-8(2)15-14(16)12-7-9(3)13(17-6)11(5)10(12)4/h7-8H,1-6H3,(H,15,16). The van der Waals surface area contributed by atoms with Crippen molar-refractivity contribution < 1.29 is 9.53 Å². The second kappa shape index (κ2) is 5.21. The summed E-state index contributed by atoms with van der Waals surface area (Å²) in [7, 11) is 1.66. The Kier molecular flexibility index (Phi) is 4.16. The minimum Gasteiger partial charge on any atom is -0.496 e. The number of aryl methyl sites for hydroxylation is 1. The first kappa shape index (κ1) is 13.6. The van der Waals surface area contributed by atoms with E-state index in [1.54, 1.807) is 7.11 Å². The number of ether oxygens (including phenoxy) is 1. The van der Waals surface area contributed by atoms with Crippen LogP contribution in [0.3, 0.4) is 0 Å². The number of hydrogen-bond acceptors (Lipinski definition) is 2. The van der Waals surface area contributed by atoms with Crippen LogP contribution >= 0.6 is 0 Å². The van der Waals surface area contributed by atoms with Crippen LogP contribution < -0.4 is 10.1 Å². The highest BCUT2D eigenvalue weighted by atomic mass is 16.5. The average Bonchev–Trinajstić information content (AvgIpc) is 2.23. The first-order chi connectivity index (χ1) is 7.88. The number of carbonyl (C=O) groups is 1. The molecule has 0 atom stereocenters. The number of amides is 1. The van der Waals surface area contributed by atoms with Crippen LogP contribution in [0.15, 0.2) is 6.07 Å². The molecule has 1 aromatic carbocycles. The summed E-state index contributed by atoms with van der Waals surface area (Å²) < 4.78 is 5.34. The zero-order valence-electron chi connectivity index (χ0n) is 11.5. The summed E-state index contributed by atoms with van der Waals surface area (Å²) in [5.74, 6) is 0.843. The van der Waals surface area contributed by atoms with Gasteiger partial charge in [-0.15, -0.1) is 0 Å². The highest BCUT2D eigenvalue weighted by Gasteiger charge is 2.16. The van der Waals surface area contributed by atoms with Crippen LogP contribution in [-0.2, 0) is 0 Å². The van der Waals surface area contributed by atoms with Gasteiger partial charge in [-0.05, 0) is 57.4 Å². The van der Waals surface area contributed by atoms with Crippen LogP contribution in [0.5, 0.6) is 5.75 Å². The molecular weight excluding hydrogens is 214 g/mol. The predicted molar refractivity (Wildman–Crippen MR) is 69.8 cm³/mol. The molecule has 0 fully saturated rings. The van der Waals surface area contributed by atoms with Gasteiger partial charge in [-0.3, -0.25) is 4.79 Å². The monoisotopic (exact) mass is 235 g/mol. The maximum atomic E-state index is 12.0. The molecule has 3 heteroatoms. The lowest BCUT2D eigenvalue weighted by Crippen LogP contribution is -2.30. The minimum atomic E-state index is -0.0219. The van der Waals surface area contributed by atoms with E-state index >= 15 is 0 Å². The van der Waals surface area contributed by atoms with Gasteiger partial charge < -0.3 is 10.1 Å². The normalized spacial score (nSPS) is 10.5. The summed E-state index contributed by atoms with van der Waals surface area (Å²) in [5.41, 5.74) is 3.73. The van der Waals surface area contributed by atoms with E-state index in [-0.39, 0.29) is 11.9 Å². The molecule has 1 N–H and O–H groups in total. The van der Waals surface area contributed by atoms with Crippen LogP contribution in [0.25, 0.3) is 0 Å². The van der Waals surface area contributed by atoms with Crippen molar-refractivity contribution in [2.45, 2.75) is 40.7 Å². The van der Waals surface area contributed by atoms with Gasteiger partial charge in [0.05, 0.1) is 7.11 Å². The Morgan fingerprint density at radius 3 is 2.29 bits per heavy atom. The summed E-state index contributed by atoms with van der Waals surface area (Å²) in [5, 5.41) is 2.91. The SMILES string of the molecule is COc1c(C)cc(C(=O)NC(C)C)c(C)c1C. The van der Waals surface area contributed by atoms with Crippen LogP contribution in [0, 0.1) is 20.8 Å². The van der Waals surface area contributed by atoms with E-state index in [0.29, 0.717) is 0 Å². The van der Waals surface area contributed by atoms with Gasteiger partial charge >= 0.3 is 0 Å². The van der Waals surface area contributed by atoms with Gasteiger partial charge in [0.25, 0.3) is 5.91 Å². The largest absolute Gasteiger partial charge is 0.496 e. The number of benzene rings is 1. The van der Waals surface area contributed by atoms with Crippen molar-refractivity contribution in [3.05, 3.63) is 28.3 Å². The maximum Gasteiger partial charge on any atom is 0.251 e. The molecule has 0 spiro atoms. The van der Waals surface area contributed by atoms with E-state index in [9.17, 15) is 4.79 Å². The first-order valence-electron chi connectivity index (χ1n) is 5.84. The zero-order chi connectivity index (χ0) is 13.2. The second-order valence-corrected chi connectivity index (χ2v) is 4.65. The molecule has 3 nitrogen and oxygen atoms in total. The molecule has 0 bridgehead atoms. The Morgan fingerprint density at radius 1 is 1.24 bits per heavy atom. The van der Waals surface area contributed by atoms with E-state index in [2.05, 4.69) is 5.32 Å². The van der Waals surface area contributed by atoms with Crippen molar-refractivity contribution in [2.24, 2.45) is 0 Å². The van der Waals surface area contributed by atoms with Crippen molar-refractivity contribution in [1.29, 1.82) is 0 Å². The summed E-state index contributed by atoms with van der Waals surface area (Å²) in [6.45, 7) is 9.80. The van der Waals surface area contributed by atoms with Gasteiger partial charge in [0, 0.05) is 11.6 Å². The van der Waals surface area contributed by atoms with E-state index in [1.807, 2.05) is 40.7 Å². The summed E-state index contributed by atoms with van der Waals surface area (Å²) in [6.07, 6.45) is 0. The van der Waals surface area contributed by atoms with Crippen LogP contribution in [0.2, 0.25) is 0 Å². The molecule has 0 saturated heterocycles. The van der Waals surface area contributed by atoms with Gasteiger partial charge in [-0.1, -0.05) is 0 Å². The number of carbonyl (C=O) groups excluding carboxylic acids is 1. The molecule has 0 aliphatic heterocycles. The van der Waals surface area contributed by atoms with Crippen LogP contribution in [0.1, 0.15) is 40.9 Å². The lowest BCUT2D eigenvalue weighted by molar-refractivity contribution is 0.0942. The molecule has 94 valence electrons. The molecule has 1 amide bonds. The van der Waals surface area contributed by atoms with Gasteiger partial charge in [0.2, 0.25) is 0 Å². The summed E-state index contributed by atoms with van der Waals surface area (Å²) in [6, 6.07) is 2.03. The van der Waals surface area contributed by atoms with E-state index in [4.69, 9.17) is 4.74 Å². The summed E-state index contributed by atoms with van der Waals surface area (Å²) >= 11 is 0. The van der Waals surface area contributed by atoms with Crippen LogP contribution in [0.4, 0.5) is 0 Å². The fraction of sp³-hybridized carbons (Fsp3) is 0.500. The molecule has 0 aromatic heterocycles. The van der Waals surface area contributed by atoms with Crippen molar-refractivity contribution >= 4 is 5.91 Å².